The van der Waals surface area contributed by atoms with Gasteiger partial charge in [0.1, 0.15) is 11.2 Å². The lowest BCUT2D eigenvalue weighted by Gasteiger charge is -2.07. The van der Waals surface area contributed by atoms with Crippen molar-refractivity contribution in [3.8, 4) is 22.5 Å². The van der Waals surface area contributed by atoms with Gasteiger partial charge in [-0.2, -0.15) is 0 Å². The summed E-state index contributed by atoms with van der Waals surface area (Å²) in [6.45, 7) is 8.55. The average Bonchev–Trinajstić information content (AvgIpc) is 3.27. The summed E-state index contributed by atoms with van der Waals surface area (Å²) in [7, 11) is 0. The van der Waals surface area contributed by atoms with Crippen LogP contribution in [-0.4, -0.2) is 9.97 Å². The van der Waals surface area contributed by atoms with Crippen molar-refractivity contribution >= 4 is 43.5 Å². The molecular weight excluding hydrogens is 452 g/mol. The van der Waals surface area contributed by atoms with Gasteiger partial charge in [0.15, 0.2) is 0 Å². The molecule has 178 valence electrons. The average molecular weight is 479 g/mol. The molecule has 37 heavy (non-hydrogen) atoms. The van der Waals surface area contributed by atoms with Crippen molar-refractivity contribution in [3.05, 3.63) is 107 Å². The summed E-state index contributed by atoms with van der Waals surface area (Å²) < 4.78 is 6.66. The van der Waals surface area contributed by atoms with Crippen LogP contribution in [0.3, 0.4) is 0 Å². The van der Waals surface area contributed by atoms with E-state index < -0.39 is 0 Å². The summed E-state index contributed by atoms with van der Waals surface area (Å²) in [6.07, 6.45) is 3.96. The molecule has 0 N–H and O–H groups in total. The Morgan fingerprint density at radius 2 is 0.973 bits per heavy atom. The number of hydrogen-bond donors (Lipinski definition) is 0. The SMILES string of the molecule is Cc1cc(C)c2cnc(-c3cccc4c3oc3c(-c5cc6cc(C)cc(C)c6cn5)cccc34)cc2c1. The van der Waals surface area contributed by atoms with Crippen LogP contribution in [0.25, 0.3) is 66.0 Å². The predicted octanol–water partition coefficient (Wildman–Crippen LogP) is 9.25. The molecule has 0 bridgehead atoms. The molecule has 0 aliphatic carbocycles. The number of para-hydroxylation sites is 2. The molecule has 0 aliphatic heterocycles. The highest BCUT2D eigenvalue weighted by Crippen LogP contribution is 2.40. The fraction of sp³-hybridized carbons (Fsp3) is 0.118. The quantitative estimate of drug-likeness (QED) is 0.248. The Morgan fingerprint density at radius 3 is 1.43 bits per heavy atom. The molecule has 7 rings (SSSR count). The van der Waals surface area contributed by atoms with Gasteiger partial charge in [-0.3, -0.25) is 9.97 Å². The van der Waals surface area contributed by atoms with Gasteiger partial charge in [-0.1, -0.05) is 59.7 Å². The summed E-state index contributed by atoms with van der Waals surface area (Å²) in [5, 5.41) is 6.93. The molecule has 0 saturated carbocycles. The Bertz CT molecular complexity index is 1890. The highest BCUT2D eigenvalue weighted by Gasteiger charge is 2.17. The van der Waals surface area contributed by atoms with E-state index in [1.165, 1.54) is 43.8 Å². The Morgan fingerprint density at radius 1 is 0.514 bits per heavy atom. The van der Waals surface area contributed by atoms with Crippen LogP contribution in [0, 0.1) is 27.7 Å². The number of hydrogen-bond acceptors (Lipinski definition) is 3. The highest BCUT2D eigenvalue weighted by molar-refractivity contribution is 6.13. The van der Waals surface area contributed by atoms with Crippen molar-refractivity contribution in [2.24, 2.45) is 0 Å². The molecule has 4 aromatic carbocycles. The van der Waals surface area contributed by atoms with Crippen LogP contribution in [0.5, 0.6) is 0 Å². The second-order valence-corrected chi connectivity index (χ2v) is 10.2. The number of fused-ring (bicyclic) bond motifs is 5. The Balaban J connectivity index is 1.45. The Kier molecular flexibility index (Phi) is 4.71. The topological polar surface area (TPSA) is 38.9 Å². The molecule has 0 unspecified atom stereocenters. The third-order valence-corrected chi connectivity index (χ3v) is 7.45. The molecule has 0 saturated heterocycles. The predicted molar refractivity (Wildman–Crippen MR) is 154 cm³/mol. The first kappa shape index (κ1) is 21.8. The number of benzene rings is 4. The summed E-state index contributed by atoms with van der Waals surface area (Å²) in [6, 6.07) is 25.8. The van der Waals surface area contributed by atoms with Crippen LogP contribution in [0.1, 0.15) is 22.3 Å². The van der Waals surface area contributed by atoms with Crippen molar-refractivity contribution in [3.63, 3.8) is 0 Å². The first-order chi connectivity index (χ1) is 18.0. The zero-order valence-corrected chi connectivity index (χ0v) is 21.4. The van der Waals surface area contributed by atoms with Crippen LogP contribution in [0.4, 0.5) is 0 Å². The van der Waals surface area contributed by atoms with Crippen molar-refractivity contribution in [1.82, 2.24) is 9.97 Å². The molecule has 0 fully saturated rings. The number of rotatable bonds is 2. The number of aromatic nitrogens is 2. The molecule has 3 heteroatoms. The second kappa shape index (κ2) is 8.01. The van der Waals surface area contributed by atoms with E-state index in [-0.39, 0.29) is 0 Å². The summed E-state index contributed by atoms with van der Waals surface area (Å²) in [5.74, 6) is 0. The lowest BCUT2D eigenvalue weighted by Crippen LogP contribution is -1.88. The van der Waals surface area contributed by atoms with E-state index in [2.05, 4.69) is 100 Å². The molecule has 0 spiro atoms. The van der Waals surface area contributed by atoms with Crippen molar-refractivity contribution in [1.29, 1.82) is 0 Å². The van der Waals surface area contributed by atoms with E-state index in [0.29, 0.717) is 0 Å². The molecule has 3 heterocycles. The number of aryl methyl sites for hydroxylation is 4. The Hall–Kier alpha value is -4.50. The van der Waals surface area contributed by atoms with Gasteiger partial charge in [0.05, 0.1) is 11.4 Å². The Labute approximate surface area is 215 Å². The summed E-state index contributed by atoms with van der Waals surface area (Å²) in [5.41, 5.74) is 10.5. The highest BCUT2D eigenvalue weighted by atomic mass is 16.3. The van der Waals surface area contributed by atoms with Crippen LogP contribution in [0.15, 0.2) is 89.6 Å². The molecule has 7 aromatic rings. The van der Waals surface area contributed by atoms with Gasteiger partial charge in [0.25, 0.3) is 0 Å². The molecule has 3 aromatic heterocycles. The van der Waals surface area contributed by atoms with Gasteiger partial charge in [-0.15, -0.1) is 0 Å². The molecule has 0 amide bonds. The van der Waals surface area contributed by atoms with Gasteiger partial charge < -0.3 is 4.42 Å². The second-order valence-electron chi connectivity index (χ2n) is 10.2. The first-order valence-electron chi connectivity index (χ1n) is 12.7. The zero-order chi connectivity index (χ0) is 25.3. The van der Waals surface area contributed by atoms with E-state index >= 15 is 0 Å². The summed E-state index contributed by atoms with van der Waals surface area (Å²) in [4.78, 5) is 9.69. The van der Waals surface area contributed by atoms with Gasteiger partial charge in [0, 0.05) is 45.1 Å². The standard InChI is InChI=1S/C34H26N2O/c1-19-11-21(3)29-17-35-31(15-23(29)13-19)27-9-5-7-25-26-8-6-10-28(34(26)37-33(25)27)32-16-24-14-20(2)12-22(4)30(24)18-36-32/h5-18H,1-4H3. The normalized spacial score (nSPS) is 11.8. The smallest absolute Gasteiger partial charge is 0.144 e. The van der Waals surface area contributed by atoms with E-state index in [4.69, 9.17) is 14.4 Å². The van der Waals surface area contributed by atoms with Gasteiger partial charge in [-0.05, 0) is 73.9 Å². The number of nitrogens with zero attached hydrogens (tertiary/aromatic N) is 2. The molecular formula is C34H26N2O. The van der Waals surface area contributed by atoms with Gasteiger partial charge in [0.2, 0.25) is 0 Å². The monoisotopic (exact) mass is 478 g/mol. The van der Waals surface area contributed by atoms with Crippen LogP contribution < -0.4 is 0 Å². The lowest BCUT2D eigenvalue weighted by atomic mass is 10.00. The molecule has 0 atom stereocenters. The largest absolute Gasteiger partial charge is 0.455 e. The minimum absolute atomic E-state index is 0.855. The molecule has 0 radical (unpaired) electrons. The van der Waals surface area contributed by atoms with E-state index in [1.807, 2.05) is 12.4 Å². The maximum Gasteiger partial charge on any atom is 0.144 e. The molecule has 0 aliphatic rings. The number of pyridine rings is 2. The van der Waals surface area contributed by atoms with Crippen LogP contribution in [0.2, 0.25) is 0 Å². The van der Waals surface area contributed by atoms with Crippen LogP contribution in [-0.2, 0) is 0 Å². The van der Waals surface area contributed by atoms with E-state index in [1.54, 1.807) is 0 Å². The first-order valence-corrected chi connectivity index (χ1v) is 12.7. The van der Waals surface area contributed by atoms with Crippen molar-refractivity contribution < 1.29 is 4.42 Å². The van der Waals surface area contributed by atoms with Gasteiger partial charge >= 0.3 is 0 Å². The van der Waals surface area contributed by atoms with E-state index in [9.17, 15) is 0 Å². The van der Waals surface area contributed by atoms with Crippen molar-refractivity contribution in [2.75, 3.05) is 0 Å². The van der Waals surface area contributed by atoms with E-state index in [0.717, 1.165) is 44.5 Å². The minimum Gasteiger partial charge on any atom is -0.455 e. The maximum atomic E-state index is 6.66. The molecule has 3 nitrogen and oxygen atoms in total. The fourth-order valence-corrected chi connectivity index (χ4v) is 5.77. The van der Waals surface area contributed by atoms with Crippen molar-refractivity contribution in [2.45, 2.75) is 27.7 Å². The van der Waals surface area contributed by atoms with Gasteiger partial charge in [-0.25, -0.2) is 0 Å². The summed E-state index contributed by atoms with van der Waals surface area (Å²) >= 11 is 0. The number of furan rings is 1. The third kappa shape index (κ3) is 3.42. The fourth-order valence-electron chi connectivity index (χ4n) is 5.77. The van der Waals surface area contributed by atoms with Crippen LogP contribution >= 0.6 is 0 Å². The lowest BCUT2D eigenvalue weighted by molar-refractivity contribution is 0.670. The third-order valence-electron chi connectivity index (χ3n) is 7.45. The minimum atomic E-state index is 0.855. The zero-order valence-electron chi connectivity index (χ0n) is 21.4. The maximum absolute atomic E-state index is 6.66.